The smallest absolute Gasteiger partial charge is 0.332 e. The van der Waals surface area contributed by atoms with Gasteiger partial charge in [0.15, 0.2) is 17.7 Å². The van der Waals surface area contributed by atoms with E-state index in [4.69, 9.17) is 26.2 Å². The monoisotopic (exact) mass is 274 g/mol. The minimum atomic E-state index is -0.985. The summed E-state index contributed by atoms with van der Waals surface area (Å²) in [6.45, 7) is 0.0877. The van der Waals surface area contributed by atoms with Crippen LogP contribution in [0.5, 0.6) is 5.75 Å². The van der Waals surface area contributed by atoms with Crippen LogP contribution in [-0.4, -0.2) is 29.9 Å². The number of carboxylic acids is 1. The molecule has 1 N–H and O–H groups in total. The van der Waals surface area contributed by atoms with E-state index in [0.717, 1.165) is 0 Å². The van der Waals surface area contributed by atoms with Gasteiger partial charge < -0.3 is 14.6 Å². The predicted octanol–water partition coefficient (Wildman–Crippen LogP) is 2.49. The van der Waals surface area contributed by atoms with Gasteiger partial charge in [-0.2, -0.15) is 0 Å². The number of halogens is 2. The van der Waals surface area contributed by atoms with Gasteiger partial charge in [0, 0.05) is 0 Å². The standard InChI is InChI=1S/C12H12ClFO4/c13-8-2-1-3-9(14)11(8)17-6-7-4-5-10(18-7)12(15)16/h1-3,7,10H,4-6H2,(H,15,16). The molecule has 6 heteroatoms. The number of hydrogen-bond acceptors (Lipinski definition) is 3. The molecule has 2 unspecified atom stereocenters. The van der Waals surface area contributed by atoms with Crippen molar-refractivity contribution in [2.75, 3.05) is 6.61 Å². The van der Waals surface area contributed by atoms with Crippen molar-refractivity contribution in [2.24, 2.45) is 0 Å². The van der Waals surface area contributed by atoms with Gasteiger partial charge in [0.2, 0.25) is 0 Å². The molecule has 1 aliphatic rings. The van der Waals surface area contributed by atoms with Crippen LogP contribution in [0, 0.1) is 5.82 Å². The number of carbonyl (C=O) groups is 1. The van der Waals surface area contributed by atoms with Gasteiger partial charge in [-0.05, 0) is 25.0 Å². The van der Waals surface area contributed by atoms with E-state index in [9.17, 15) is 9.18 Å². The normalized spacial score (nSPS) is 23.0. The van der Waals surface area contributed by atoms with Gasteiger partial charge >= 0.3 is 5.97 Å². The van der Waals surface area contributed by atoms with E-state index in [1.165, 1.54) is 18.2 Å². The molecule has 0 aromatic heterocycles. The van der Waals surface area contributed by atoms with Crippen molar-refractivity contribution in [1.29, 1.82) is 0 Å². The van der Waals surface area contributed by atoms with E-state index in [0.29, 0.717) is 12.8 Å². The Bertz CT molecular complexity index is 431. The van der Waals surface area contributed by atoms with Crippen molar-refractivity contribution in [3.63, 3.8) is 0 Å². The summed E-state index contributed by atoms with van der Waals surface area (Å²) < 4.78 is 23.9. The summed E-state index contributed by atoms with van der Waals surface area (Å²) in [5.74, 6) is -1.56. The quantitative estimate of drug-likeness (QED) is 0.916. The number of ether oxygens (including phenoxy) is 2. The zero-order valence-corrected chi connectivity index (χ0v) is 10.2. The van der Waals surface area contributed by atoms with Crippen LogP contribution < -0.4 is 4.74 Å². The highest BCUT2D eigenvalue weighted by atomic mass is 35.5. The molecule has 2 atom stereocenters. The highest BCUT2D eigenvalue weighted by Gasteiger charge is 2.31. The van der Waals surface area contributed by atoms with Crippen molar-refractivity contribution in [1.82, 2.24) is 0 Å². The first-order valence-electron chi connectivity index (χ1n) is 5.53. The van der Waals surface area contributed by atoms with Gasteiger partial charge in [-0.3, -0.25) is 0 Å². The first-order chi connectivity index (χ1) is 8.58. The molecule has 98 valence electrons. The minimum Gasteiger partial charge on any atom is -0.486 e. The van der Waals surface area contributed by atoms with E-state index >= 15 is 0 Å². The molecular weight excluding hydrogens is 263 g/mol. The Labute approximate surface area is 108 Å². The minimum absolute atomic E-state index is 0.0264. The lowest BCUT2D eigenvalue weighted by molar-refractivity contribution is -0.149. The second-order valence-corrected chi connectivity index (χ2v) is 4.43. The molecule has 2 rings (SSSR count). The summed E-state index contributed by atoms with van der Waals surface area (Å²) >= 11 is 5.79. The summed E-state index contributed by atoms with van der Waals surface area (Å²) in [4.78, 5) is 10.7. The Morgan fingerprint density at radius 1 is 1.56 bits per heavy atom. The Hall–Kier alpha value is -1.33. The Morgan fingerprint density at radius 3 is 2.94 bits per heavy atom. The van der Waals surface area contributed by atoms with E-state index in [-0.39, 0.29) is 23.5 Å². The molecule has 1 aromatic rings. The molecule has 1 fully saturated rings. The zero-order chi connectivity index (χ0) is 13.1. The lowest BCUT2D eigenvalue weighted by atomic mass is 10.2. The lowest BCUT2D eigenvalue weighted by Crippen LogP contribution is -2.23. The molecule has 1 aromatic carbocycles. The molecule has 0 bridgehead atoms. The largest absolute Gasteiger partial charge is 0.486 e. The molecule has 18 heavy (non-hydrogen) atoms. The van der Waals surface area contributed by atoms with Gasteiger partial charge in [0.25, 0.3) is 0 Å². The van der Waals surface area contributed by atoms with Crippen molar-refractivity contribution in [3.8, 4) is 5.75 Å². The van der Waals surface area contributed by atoms with E-state index in [2.05, 4.69) is 0 Å². The van der Waals surface area contributed by atoms with Crippen molar-refractivity contribution < 1.29 is 23.8 Å². The van der Waals surface area contributed by atoms with Crippen molar-refractivity contribution in [2.45, 2.75) is 25.0 Å². The number of hydrogen-bond donors (Lipinski definition) is 1. The highest BCUT2D eigenvalue weighted by Crippen LogP contribution is 2.28. The van der Waals surface area contributed by atoms with Gasteiger partial charge in [-0.15, -0.1) is 0 Å². The molecule has 0 spiro atoms. The lowest BCUT2D eigenvalue weighted by Gasteiger charge is -2.14. The third-order valence-corrected chi connectivity index (χ3v) is 3.01. The maximum Gasteiger partial charge on any atom is 0.332 e. The maximum atomic E-state index is 13.4. The summed E-state index contributed by atoms with van der Waals surface area (Å²) in [6.07, 6.45) is -0.131. The first-order valence-corrected chi connectivity index (χ1v) is 5.91. The molecule has 0 aliphatic carbocycles. The van der Waals surface area contributed by atoms with Crippen LogP contribution >= 0.6 is 11.6 Å². The fourth-order valence-electron chi connectivity index (χ4n) is 1.81. The van der Waals surface area contributed by atoms with Crippen LogP contribution in [0.2, 0.25) is 5.02 Å². The van der Waals surface area contributed by atoms with Crippen LogP contribution in [0.15, 0.2) is 18.2 Å². The van der Waals surface area contributed by atoms with Crippen LogP contribution in [-0.2, 0) is 9.53 Å². The second-order valence-electron chi connectivity index (χ2n) is 4.02. The Balaban J connectivity index is 1.91. The van der Waals surface area contributed by atoms with E-state index in [1.54, 1.807) is 0 Å². The van der Waals surface area contributed by atoms with Crippen LogP contribution in [0.3, 0.4) is 0 Å². The van der Waals surface area contributed by atoms with Crippen LogP contribution in [0.1, 0.15) is 12.8 Å². The fourth-order valence-corrected chi connectivity index (χ4v) is 2.02. The summed E-state index contributed by atoms with van der Waals surface area (Å²) in [6, 6.07) is 4.25. The van der Waals surface area contributed by atoms with E-state index in [1.807, 2.05) is 0 Å². The van der Waals surface area contributed by atoms with Gasteiger partial charge in [0.1, 0.15) is 6.61 Å². The highest BCUT2D eigenvalue weighted by molar-refractivity contribution is 6.32. The number of rotatable bonds is 4. The molecule has 1 heterocycles. The molecule has 0 amide bonds. The third-order valence-electron chi connectivity index (χ3n) is 2.72. The maximum absolute atomic E-state index is 13.4. The zero-order valence-electron chi connectivity index (χ0n) is 9.44. The van der Waals surface area contributed by atoms with Crippen LogP contribution in [0.25, 0.3) is 0 Å². The van der Waals surface area contributed by atoms with Gasteiger partial charge in [-0.25, -0.2) is 9.18 Å². The fraction of sp³-hybridized carbons (Fsp3) is 0.417. The Morgan fingerprint density at radius 2 is 2.33 bits per heavy atom. The van der Waals surface area contributed by atoms with Crippen molar-refractivity contribution in [3.05, 3.63) is 29.0 Å². The summed E-state index contributed by atoms with van der Waals surface area (Å²) in [5, 5.41) is 8.94. The molecule has 0 radical (unpaired) electrons. The first kappa shape index (κ1) is 13.1. The Kier molecular flexibility index (Phi) is 4.04. The number of benzene rings is 1. The van der Waals surface area contributed by atoms with E-state index < -0.39 is 17.9 Å². The topological polar surface area (TPSA) is 55.8 Å². The van der Waals surface area contributed by atoms with Gasteiger partial charge in [0.05, 0.1) is 11.1 Å². The average molecular weight is 275 g/mol. The predicted molar refractivity (Wildman–Crippen MR) is 62.4 cm³/mol. The number of para-hydroxylation sites is 1. The summed E-state index contributed by atoms with van der Waals surface area (Å²) in [7, 11) is 0. The molecule has 1 saturated heterocycles. The second kappa shape index (κ2) is 5.54. The molecular formula is C12H12ClFO4. The number of aliphatic carboxylic acids is 1. The SMILES string of the molecule is O=C(O)C1CCC(COc2c(F)cccc2Cl)O1. The molecule has 1 aliphatic heterocycles. The molecule has 0 saturated carbocycles. The number of carboxylic acid groups (broad SMARTS) is 1. The average Bonchev–Trinajstić information content (AvgIpc) is 2.77. The van der Waals surface area contributed by atoms with Gasteiger partial charge in [-0.1, -0.05) is 17.7 Å². The van der Waals surface area contributed by atoms with Crippen molar-refractivity contribution >= 4 is 17.6 Å². The molecule has 4 nitrogen and oxygen atoms in total. The summed E-state index contributed by atoms with van der Waals surface area (Å²) in [5.41, 5.74) is 0. The van der Waals surface area contributed by atoms with Crippen LogP contribution in [0.4, 0.5) is 4.39 Å². The third kappa shape index (κ3) is 2.91.